The van der Waals surface area contributed by atoms with Crippen molar-refractivity contribution in [3.63, 3.8) is 0 Å². The lowest BCUT2D eigenvalue weighted by Crippen LogP contribution is -2.58. The minimum absolute atomic E-state index is 0.0454. The van der Waals surface area contributed by atoms with Crippen LogP contribution in [0.2, 0.25) is 0 Å². The summed E-state index contributed by atoms with van der Waals surface area (Å²) in [5, 5.41) is 24.4. The Hall–Kier alpha value is -0.700. The summed E-state index contributed by atoms with van der Waals surface area (Å²) < 4.78 is 30.7. The molecular weight excluding hydrogens is 466 g/mol. The molecule has 5 aliphatic carbocycles. The van der Waals surface area contributed by atoms with Crippen LogP contribution in [0.4, 0.5) is 0 Å². The van der Waals surface area contributed by atoms with Gasteiger partial charge in [-0.25, -0.2) is 0 Å². The zero-order valence-electron chi connectivity index (χ0n) is 21.5. The van der Waals surface area contributed by atoms with E-state index >= 15 is 0 Å². The van der Waals surface area contributed by atoms with E-state index in [2.05, 4.69) is 26.1 Å². The van der Waals surface area contributed by atoms with Crippen LogP contribution in [0.25, 0.3) is 0 Å². The molecule has 0 aromatic heterocycles. The minimum atomic E-state index is -4.07. The molecule has 0 aromatic carbocycles. The first kappa shape index (κ1) is 25.9. The van der Waals surface area contributed by atoms with Gasteiger partial charge in [0.25, 0.3) is 10.1 Å². The summed E-state index contributed by atoms with van der Waals surface area (Å²) >= 11 is 0. The van der Waals surface area contributed by atoms with Gasteiger partial charge in [-0.3, -0.25) is 9.35 Å². The van der Waals surface area contributed by atoms with E-state index in [1.54, 1.807) is 0 Å². The highest BCUT2D eigenvalue weighted by Crippen LogP contribution is 2.69. The highest BCUT2D eigenvalue weighted by atomic mass is 32.2. The zero-order valence-corrected chi connectivity index (χ0v) is 22.3. The average Bonchev–Trinajstić information content (AvgIpc) is 3.49. The molecular formula is C27H45NO6S. The molecule has 0 spiro atoms. The second kappa shape index (κ2) is 8.95. The van der Waals surface area contributed by atoms with Gasteiger partial charge in [-0.05, 0) is 110 Å². The Morgan fingerprint density at radius 1 is 1.00 bits per heavy atom. The first-order chi connectivity index (χ1) is 16.3. The van der Waals surface area contributed by atoms with Gasteiger partial charge < -0.3 is 15.5 Å². The van der Waals surface area contributed by atoms with Crippen molar-refractivity contribution in [2.45, 2.75) is 90.8 Å². The molecule has 0 heterocycles. The van der Waals surface area contributed by atoms with E-state index in [1.165, 1.54) is 6.42 Å². The van der Waals surface area contributed by atoms with Crippen LogP contribution in [0.5, 0.6) is 0 Å². The molecule has 12 atom stereocenters. The number of aliphatic hydroxyl groups excluding tert-OH is 2. The Balaban J connectivity index is 1.25. The third kappa shape index (κ3) is 4.48. The number of carbonyl (C=O) groups is 1. The molecule has 7 nitrogen and oxygen atoms in total. The van der Waals surface area contributed by atoms with Crippen LogP contribution in [0.1, 0.15) is 78.6 Å². The van der Waals surface area contributed by atoms with Gasteiger partial charge in [0.05, 0.1) is 18.0 Å². The van der Waals surface area contributed by atoms with Crippen molar-refractivity contribution in [1.29, 1.82) is 0 Å². The Kier molecular flexibility index (Phi) is 6.63. The summed E-state index contributed by atoms with van der Waals surface area (Å²) in [6.07, 6.45) is 8.67. The van der Waals surface area contributed by atoms with Gasteiger partial charge in [0.2, 0.25) is 5.91 Å². The number of carbonyl (C=O) groups excluding carboxylic acids is 1. The number of fused-ring (bicyclic) bond motifs is 5. The van der Waals surface area contributed by atoms with Crippen molar-refractivity contribution in [1.82, 2.24) is 5.32 Å². The quantitative estimate of drug-likeness (QED) is 0.406. The summed E-state index contributed by atoms with van der Waals surface area (Å²) in [7, 11) is -4.07. The van der Waals surface area contributed by atoms with Crippen molar-refractivity contribution in [2.24, 2.45) is 58.2 Å². The molecule has 0 radical (unpaired) electrons. The number of rotatable bonds is 6. The molecule has 5 saturated carbocycles. The van der Waals surface area contributed by atoms with E-state index < -0.39 is 15.9 Å². The second-order valence-corrected chi connectivity index (χ2v) is 15.0. The Labute approximate surface area is 210 Å². The van der Waals surface area contributed by atoms with Gasteiger partial charge in [0.15, 0.2) is 0 Å². The maximum Gasteiger partial charge on any atom is 0.266 e. The van der Waals surface area contributed by atoms with Crippen molar-refractivity contribution in [3.05, 3.63) is 0 Å². The SMILES string of the molecule is CC(C1CC1C(=O)NCCS(=O)(=O)O)C1CC[C@H]2[C@@H]3[C@@H](O)CC4C[C@H](O)CCC4(C)[C@H]3CCC12C. The topological polar surface area (TPSA) is 124 Å². The van der Waals surface area contributed by atoms with Crippen LogP contribution in [-0.4, -0.2) is 53.6 Å². The predicted molar refractivity (Wildman–Crippen MR) is 133 cm³/mol. The fraction of sp³-hybridized carbons (Fsp3) is 0.963. The maximum atomic E-state index is 12.6. The van der Waals surface area contributed by atoms with Gasteiger partial charge in [-0.2, -0.15) is 8.42 Å². The zero-order chi connectivity index (χ0) is 25.3. The average molecular weight is 512 g/mol. The maximum absolute atomic E-state index is 12.6. The van der Waals surface area contributed by atoms with Gasteiger partial charge in [-0.1, -0.05) is 20.8 Å². The monoisotopic (exact) mass is 511 g/mol. The number of hydrogen-bond acceptors (Lipinski definition) is 5. The molecule has 5 fully saturated rings. The summed E-state index contributed by atoms with van der Waals surface area (Å²) in [6.45, 7) is 7.16. The van der Waals surface area contributed by atoms with Crippen molar-refractivity contribution in [3.8, 4) is 0 Å². The molecule has 8 heteroatoms. The van der Waals surface area contributed by atoms with Crippen LogP contribution in [0, 0.1) is 58.2 Å². The van der Waals surface area contributed by atoms with Gasteiger partial charge in [-0.15, -0.1) is 0 Å². The van der Waals surface area contributed by atoms with E-state index in [0.717, 1.165) is 51.4 Å². The molecule has 0 aliphatic heterocycles. The lowest BCUT2D eigenvalue weighted by atomic mass is 9.43. The lowest BCUT2D eigenvalue weighted by Gasteiger charge is -2.62. The third-order valence-electron chi connectivity index (χ3n) is 11.9. The molecule has 5 rings (SSSR count). The Bertz CT molecular complexity index is 940. The van der Waals surface area contributed by atoms with Crippen molar-refractivity contribution >= 4 is 16.0 Å². The molecule has 0 saturated heterocycles. The number of aliphatic hydroxyl groups is 2. The highest BCUT2D eigenvalue weighted by Gasteiger charge is 2.64. The standard InChI is InChI=1S/C27H45NO6S/c1-15(18-14-19(18)25(31)28-10-11-35(32,33)34)20-4-5-21-24-22(7-9-27(20,21)3)26(2)8-6-17(29)12-16(26)13-23(24)30/h15-24,29-30H,4-14H2,1-3H3,(H,28,31)(H,32,33,34)/t15?,16?,17-,18?,19?,20?,21+,22+,23+,24+,26?,27?/m1/s1. The largest absolute Gasteiger partial charge is 0.393 e. The van der Waals surface area contributed by atoms with E-state index in [0.29, 0.717) is 41.4 Å². The summed E-state index contributed by atoms with van der Waals surface area (Å²) in [4.78, 5) is 12.6. The second-order valence-electron chi connectivity index (χ2n) is 13.4. The molecule has 200 valence electrons. The fourth-order valence-corrected chi connectivity index (χ4v) is 10.3. The molecule has 5 aliphatic rings. The van der Waals surface area contributed by atoms with Crippen LogP contribution < -0.4 is 5.32 Å². The molecule has 4 N–H and O–H groups in total. The normalized spacial score (nSPS) is 49.9. The van der Waals surface area contributed by atoms with Gasteiger partial charge in [0, 0.05) is 12.5 Å². The van der Waals surface area contributed by atoms with Crippen LogP contribution in [0.3, 0.4) is 0 Å². The third-order valence-corrected chi connectivity index (χ3v) is 12.6. The summed E-state index contributed by atoms with van der Waals surface area (Å²) in [5.74, 6) is 2.54. The Morgan fingerprint density at radius 2 is 1.69 bits per heavy atom. The van der Waals surface area contributed by atoms with E-state index in [4.69, 9.17) is 4.55 Å². The van der Waals surface area contributed by atoms with E-state index in [-0.39, 0.29) is 41.4 Å². The smallest absolute Gasteiger partial charge is 0.266 e. The summed E-state index contributed by atoms with van der Waals surface area (Å²) in [6, 6.07) is 0. The molecule has 1 amide bonds. The number of amides is 1. The fourth-order valence-electron chi connectivity index (χ4n) is 9.93. The number of hydrogen-bond donors (Lipinski definition) is 4. The van der Waals surface area contributed by atoms with Gasteiger partial charge >= 0.3 is 0 Å². The first-order valence-corrected chi connectivity index (χ1v) is 15.5. The Morgan fingerprint density at radius 3 is 2.40 bits per heavy atom. The van der Waals surface area contributed by atoms with Crippen LogP contribution >= 0.6 is 0 Å². The minimum Gasteiger partial charge on any atom is -0.393 e. The van der Waals surface area contributed by atoms with Crippen molar-refractivity contribution in [2.75, 3.05) is 12.3 Å². The van der Waals surface area contributed by atoms with E-state index in [1.807, 2.05) is 0 Å². The highest BCUT2D eigenvalue weighted by molar-refractivity contribution is 7.85. The predicted octanol–water partition coefficient (Wildman–Crippen LogP) is 3.25. The van der Waals surface area contributed by atoms with Crippen LogP contribution in [-0.2, 0) is 14.9 Å². The van der Waals surface area contributed by atoms with Crippen LogP contribution in [0.15, 0.2) is 0 Å². The lowest BCUT2D eigenvalue weighted by molar-refractivity contribution is -0.174. The van der Waals surface area contributed by atoms with Gasteiger partial charge in [0.1, 0.15) is 0 Å². The van der Waals surface area contributed by atoms with Crippen molar-refractivity contribution < 1.29 is 28.0 Å². The molecule has 35 heavy (non-hydrogen) atoms. The van der Waals surface area contributed by atoms with E-state index in [9.17, 15) is 23.4 Å². The molecule has 0 aromatic rings. The summed E-state index contributed by atoms with van der Waals surface area (Å²) in [5.41, 5.74) is 0.420. The number of nitrogens with one attached hydrogen (secondary N) is 1. The molecule has 7 unspecified atom stereocenters. The molecule has 0 bridgehead atoms. The first-order valence-electron chi connectivity index (χ1n) is 13.9.